The lowest BCUT2D eigenvalue weighted by Gasteiger charge is -2.12. The van der Waals surface area contributed by atoms with Crippen molar-refractivity contribution in [1.29, 1.82) is 0 Å². The molecular formula is C17H13Br2IN2O6. The molecule has 8 nitrogen and oxygen atoms in total. The van der Waals surface area contributed by atoms with Crippen LogP contribution < -0.4 is 14.9 Å². The molecule has 0 bridgehead atoms. The first-order valence-electron chi connectivity index (χ1n) is 7.46. The number of phenolic OH excluding ortho intramolecular Hbond substituents is 1. The molecule has 0 radical (unpaired) electrons. The van der Waals surface area contributed by atoms with Crippen molar-refractivity contribution < 1.29 is 29.3 Å². The minimum absolute atomic E-state index is 0.00747. The number of carbonyl (C=O) groups is 2. The molecular weight excluding hydrogens is 615 g/mol. The molecule has 148 valence electrons. The number of aliphatic carboxylic acids is 1. The fourth-order valence-electron chi connectivity index (χ4n) is 2.01. The van der Waals surface area contributed by atoms with E-state index in [2.05, 4.69) is 42.4 Å². The van der Waals surface area contributed by atoms with Crippen LogP contribution in [0, 0.1) is 3.57 Å². The van der Waals surface area contributed by atoms with Gasteiger partial charge in [0, 0.05) is 5.56 Å². The fourth-order valence-corrected chi connectivity index (χ4v) is 3.98. The molecule has 0 aliphatic heterocycles. The Kier molecular flexibility index (Phi) is 8.07. The normalized spacial score (nSPS) is 10.7. The summed E-state index contributed by atoms with van der Waals surface area (Å²) in [6.07, 6.45) is 1.41. The summed E-state index contributed by atoms with van der Waals surface area (Å²) in [6, 6.07) is 6.23. The van der Waals surface area contributed by atoms with Gasteiger partial charge in [0.1, 0.15) is 5.75 Å². The van der Waals surface area contributed by atoms with Crippen LogP contribution in [0.1, 0.15) is 15.9 Å². The van der Waals surface area contributed by atoms with Gasteiger partial charge in [-0.3, -0.25) is 4.79 Å². The largest absolute Gasteiger partial charge is 0.506 e. The number of hydrazone groups is 1. The molecule has 0 saturated carbocycles. The zero-order valence-electron chi connectivity index (χ0n) is 14.2. The number of halogens is 3. The third-order valence-corrected chi connectivity index (χ3v) is 5.26. The summed E-state index contributed by atoms with van der Waals surface area (Å²) in [5.74, 6) is -0.927. The van der Waals surface area contributed by atoms with Gasteiger partial charge in [0.25, 0.3) is 5.91 Å². The van der Waals surface area contributed by atoms with E-state index >= 15 is 0 Å². The third kappa shape index (κ3) is 5.82. The first-order valence-corrected chi connectivity index (χ1v) is 10.1. The summed E-state index contributed by atoms with van der Waals surface area (Å²) < 4.78 is 11.8. The highest BCUT2D eigenvalue weighted by Crippen LogP contribution is 2.34. The van der Waals surface area contributed by atoms with Crippen molar-refractivity contribution in [2.24, 2.45) is 5.10 Å². The minimum atomic E-state index is -1.10. The molecule has 2 aromatic rings. The number of amides is 1. The average Bonchev–Trinajstić information content (AvgIpc) is 2.64. The second-order valence-electron chi connectivity index (χ2n) is 5.20. The van der Waals surface area contributed by atoms with E-state index in [-0.39, 0.29) is 5.75 Å². The van der Waals surface area contributed by atoms with Gasteiger partial charge in [0.2, 0.25) is 0 Å². The maximum Gasteiger partial charge on any atom is 0.341 e. The van der Waals surface area contributed by atoms with Gasteiger partial charge in [-0.25, -0.2) is 10.2 Å². The zero-order chi connectivity index (χ0) is 20.8. The van der Waals surface area contributed by atoms with Crippen LogP contribution in [0.2, 0.25) is 0 Å². The van der Waals surface area contributed by atoms with Crippen molar-refractivity contribution in [2.45, 2.75) is 0 Å². The van der Waals surface area contributed by atoms with Crippen LogP contribution in [0.25, 0.3) is 0 Å². The predicted octanol–water partition coefficient (Wildman–Crippen LogP) is 3.76. The van der Waals surface area contributed by atoms with E-state index < -0.39 is 18.5 Å². The molecule has 0 fully saturated rings. The van der Waals surface area contributed by atoms with Gasteiger partial charge in [0.05, 0.1) is 25.8 Å². The van der Waals surface area contributed by atoms with Gasteiger partial charge in [0.15, 0.2) is 18.1 Å². The van der Waals surface area contributed by atoms with Gasteiger partial charge in [-0.2, -0.15) is 5.10 Å². The van der Waals surface area contributed by atoms with Crippen LogP contribution in [0.3, 0.4) is 0 Å². The molecule has 0 unspecified atom stereocenters. The van der Waals surface area contributed by atoms with Crippen LogP contribution in [-0.4, -0.2) is 42.0 Å². The Labute approximate surface area is 190 Å². The number of benzene rings is 2. The standard InChI is InChI=1S/C17H13Br2IN2O6/c1-27-13-3-8(2-12(20)16(13)28-7-14(23)24)6-21-22-17(26)9-4-10(18)15(25)11(19)5-9/h2-6,25H,7H2,1H3,(H,22,26)(H,23,24)/b21-6-. The van der Waals surface area contributed by atoms with Gasteiger partial charge < -0.3 is 19.7 Å². The number of nitrogens with zero attached hydrogens (tertiary/aromatic N) is 1. The summed E-state index contributed by atoms with van der Waals surface area (Å²) in [5, 5.41) is 22.3. The Morgan fingerprint density at radius 2 is 1.89 bits per heavy atom. The lowest BCUT2D eigenvalue weighted by molar-refractivity contribution is -0.139. The van der Waals surface area contributed by atoms with E-state index in [0.717, 1.165) is 0 Å². The Bertz CT molecular complexity index is 928. The molecule has 2 rings (SSSR count). The number of carbonyl (C=O) groups excluding carboxylic acids is 1. The summed E-state index contributed by atoms with van der Waals surface area (Å²) in [6.45, 7) is -0.492. The number of phenols is 1. The third-order valence-electron chi connectivity index (χ3n) is 3.25. The van der Waals surface area contributed by atoms with Gasteiger partial charge in [-0.1, -0.05) is 0 Å². The summed E-state index contributed by atoms with van der Waals surface area (Å²) in [5.41, 5.74) is 3.29. The average molecular weight is 628 g/mol. The van der Waals surface area contributed by atoms with E-state index in [9.17, 15) is 14.7 Å². The van der Waals surface area contributed by atoms with Gasteiger partial charge in [-0.15, -0.1) is 0 Å². The summed E-state index contributed by atoms with van der Waals surface area (Å²) in [4.78, 5) is 22.9. The lowest BCUT2D eigenvalue weighted by atomic mass is 10.2. The Balaban J connectivity index is 2.14. The monoisotopic (exact) mass is 626 g/mol. The molecule has 0 heterocycles. The van der Waals surface area contributed by atoms with Crippen LogP contribution in [0.5, 0.6) is 17.2 Å². The molecule has 0 saturated heterocycles. The minimum Gasteiger partial charge on any atom is -0.506 e. The molecule has 11 heteroatoms. The Morgan fingerprint density at radius 1 is 1.25 bits per heavy atom. The fraction of sp³-hybridized carbons (Fsp3) is 0.118. The maximum atomic E-state index is 12.2. The molecule has 0 spiro atoms. The van der Waals surface area contributed by atoms with Crippen LogP contribution in [0.15, 0.2) is 38.3 Å². The number of carboxylic acids is 1. The number of hydrogen-bond donors (Lipinski definition) is 3. The van der Waals surface area contributed by atoms with E-state index in [4.69, 9.17) is 14.6 Å². The van der Waals surface area contributed by atoms with Crippen LogP contribution >= 0.6 is 54.5 Å². The number of ether oxygens (including phenoxy) is 2. The highest BCUT2D eigenvalue weighted by Gasteiger charge is 2.13. The Morgan fingerprint density at radius 3 is 2.46 bits per heavy atom. The number of rotatable bonds is 7. The van der Waals surface area contributed by atoms with Crippen molar-refractivity contribution in [3.63, 3.8) is 0 Å². The van der Waals surface area contributed by atoms with E-state index in [1.165, 1.54) is 25.5 Å². The van der Waals surface area contributed by atoms with E-state index in [1.54, 1.807) is 12.1 Å². The van der Waals surface area contributed by atoms with E-state index in [1.807, 2.05) is 22.6 Å². The number of carboxylic acid groups (broad SMARTS) is 1. The van der Waals surface area contributed by atoms with Crippen molar-refractivity contribution in [3.05, 3.63) is 47.9 Å². The first-order chi connectivity index (χ1) is 13.2. The quantitative estimate of drug-likeness (QED) is 0.245. The number of methoxy groups -OCH3 is 1. The molecule has 2 aromatic carbocycles. The number of hydrogen-bond acceptors (Lipinski definition) is 6. The second-order valence-corrected chi connectivity index (χ2v) is 8.08. The van der Waals surface area contributed by atoms with Crippen molar-refractivity contribution in [2.75, 3.05) is 13.7 Å². The summed E-state index contributed by atoms with van der Waals surface area (Å²) >= 11 is 8.31. The molecule has 3 N–H and O–H groups in total. The molecule has 1 amide bonds. The molecule has 0 aliphatic carbocycles. The van der Waals surface area contributed by atoms with Crippen molar-refractivity contribution in [3.8, 4) is 17.2 Å². The second kappa shape index (κ2) is 10.1. The van der Waals surface area contributed by atoms with E-state index in [0.29, 0.717) is 35.1 Å². The highest BCUT2D eigenvalue weighted by molar-refractivity contribution is 14.1. The van der Waals surface area contributed by atoms with Gasteiger partial charge >= 0.3 is 5.97 Å². The van der Waals surface area contributed by atoms with Crippen LogP contribution in [0.4, 0.5) is 0 Å². The van der Waals surface area contributed by atoms with Crippen LogP contribution in [-0.2, 0) is 4.79 Å². The molecule has 28 heavy (non-hydrogen) atoms. The van der Waals surface area contributed by atoms with Gasteiger partial charge in [-0.05, 0) is 84.3 Å². The first kappa shape index (κ1) is 22.4. The Hall–Kier alpha value is -1.86. The maximum absolute atomic E-state index is 12.2. The zero-order valence-corrected chi connectivity index (χ0v) is 19.5. The molecule has 0 aliphatic rings. The smallest absolute Gasteiger partial charge is 0.341 e. The highest BCUT2D eigenvalue weighted by atomic mass is 127. The summed E-state index contributed by atoms with van der Waals surface area (Å²) in [7, 11) is 1.43. The SMILES string of the molecule is COc1cc(/C=N\NC(=O)c2cc(Br)c(O)c(Br)c2)cc(I)c1OCC(=O)O. The topological polar surface area (TPSA) is 117 Å². The number of aromatic hydroxyl groups is 1. The number of nitrogens with one attached hydrogen (secondary N) is 1. The predicted molar refractivity (Wildman–Crippen MR) is 117 cm³/mol. The molecule has 0 atom stereocenters. The van der Waals surface area contributed by atoms with Crippen molar-refractivity contribution >= 4 is 72.5 Å². The molecule has 0 aromatic heterocycles. The van der Waals surface area contributed by atoms with Crippen molar-refractivity contribution in [1.82, 2.24) is 5.43 Å². The lowest BCUT2D eigenvalue weighted by Crippen LogP contribution is -2.17.